The molecule has 0 saturated carbocycles. The third-order valence-electron chi connectivity index (χ3n) is 11.7. The lowest BCUT2D eigenvalue weighted by Gasteiger charge is -2.33. The molecule has 0 aliphatic carbocycles. The minimum atomic E-state index is -1.37. The van der Waals surface area contributed by atoms with E-state index in [-0.39, 0.29) is 25.0 Å². The smallest absolute Gasteiger partial charge is 0.146 e. The number of carbonyl (C=O) groups excluding carboxylic acids is 2. The monoisotopic (exact) mass is 845 g/mol. The van der Waals surface area contributed by atoms with Gasteiger partial charge in [-0.3, -0.25) is 0 Å². The van der Waals surface area contributed by atoms with Gasteiger partial charge in [0.05, 0.1) is 0 Å². The number of rotatable bonds is 43. The molecule has 0 spiro atoms. The Kier molecular flexibility index (Phi) is 35.1. The first-order chi connectivity index (χ1) is 28.3. The highest BCUT2D eigenvalue weighted by Gasteiger charge is 2.38. The van der Waals surface area contributed by atoms with Gasteiger partial charge in [-0.2, -0.15) is 0 Å². The van der Waals surface area contributed by atoms with E-state index in [1.165, 1.54) is 167 Å². The molecule has 2 atom stereocenters. The van der Waals surface area contributed by atoms with Crippen molar-refractivity contribution in [2.24, 2.45) is 0 Å². The Morgan fingerprint density at radius 2 is 0.776 bits per heavy atom. The van der Waals surface area contributed by atoms with Crippen molar-refractivity contribution in [2.45, 2.75) is 248 Å². The third kappa shape index (κ3) is 26.0. The number of phenolic OH excluding ortho intramolecular Hbond substituents is 1. The summed E-state index contributed by atoms with van der Waals surface area (Å²) in [5, 5.41) is 11.8. The molecular weight excluding hydrogens is 757 g/mol. The number of aromatic hydroxyl groups is 1. The van der Waals surface area contributed by atoms with Crippen molar-refractivity contribution in [3.63, 3.8) is 0 Å². The number of benzene rings is 1. The number of phenols is 1. The highest BCUT2D eigenvalue weighted by molar-refractivity contribution is 7.81. The van der Waals surface area contributed by atoms with Crippen LogP contribution in [0.5, 0.6) is 5.75 Å². The van der Waals surface area contributed by atoms with E-state index in [2.05, 4.69) is 19.8 Å². The lowest BCUT2D eigenvalue weighted by Crippen LogP contribution is -2.29. The second-order valence-electron chi connectivity index (χ2n) is 17.0. The standard InChI is InChI=1S/C51H88O5S2/c1-4-7-9-11-13-15-17-19-21-23-25-27-29-31-33-35-42-55-50(57,38-40-52)47-44-46(37-6-3)45-48(49(47)54)51(58,39-41-53)56-43-36-34-32-30-28-26-24-22-20-18-16-14-12-10-8-5-2/h3,40-41,44-45,54,57-58H,4-5,7-39,42-43H2,1-2H3. The summed E-state index contributed by atoms with van der Waals surface area (Å²) in [4.78, 5) is 21.1. The van der Waals surface area contributed by atoms with E-state index in [4.69, 9.17) is 41.2 Å². The van der Waals surface area contributed by atoms with Crippen molar-refractivity contribution in [3.05, 3.63) is 28.8 Å². The van der Waals surface area contributed by atoms with Crippen molar-refractivity contribution in [2.75, 3.05) is 13.2 Å². The first kappa shape index (κ1) is 54.6. The summed E-state index contributed by atoms with van der Waals surface area (Å²) in [5.74, 6) is 2.55. The van der Waals surface area contributed by atoms with Gasteiger partial charge < -0.3 is 24.2 Å². The first-order valence-electron chi connectivity index (χ1n) is 24.2. The molecule has 1 aromatic rings. The van der Waals surface area contributed by atoms with E-state index in [0.29, 0.717) is 24.3 Å². The van der Waals surface area contributed by atoms with Crippen LogP contribution in [0.15, 0.2) is 12.1 Å². The van der Waals surface area contributed by atoms with Crippen LogP contribution in [-0.4, -0.2) is 30.9 Å². The number of unbranched alkanes of at least 4 members (excludes halogenated alkanes) is 30. The van der Waals surface area contributed by atoms with E-state index in [9.17, 15) is 14.7 Å². The molecule has 0 fully saturated rings. The van der Waals surface area contributed by atoms with Gasteiger partial charge in [-0.05, 0) is 30.5 Å². The van der Waals surface area contributed by atoms with Gasteiger partial charge in [0.25, 0.3) is 0 Å². The number of hydrogen-bond donors (Lipinski definition) is 3. The van der Waals surface area contributed by atoms with Crippen molar-refractivity contribution in [3.8, 4) is 18.1 Å². The van der Waals surface area contributed by atoms with Crippen LogP contribution in [0.4, 0.5) is 0 Å². The summed E-state index contributed by atoms with van der Waals surface area (Å²) in [6.07, 6.45) is 48.5. The lowest BCUT2D eigenvalue weighted by molar-refractivity contribution is -0.112. The Morgan fingerprint density at radius 3 is 1.02 bits per heavy atom. The van der Waals surface area contributed by atoms with Crippen LogP contribution >= 0.6 is 25.3 Å². The molecule has 0 aliphatic rings. The molecule has 1 rings (SSSR count). The molecule has 0 bridgehead atoms. The van der Waals surface area contributed by atoms with Gasteiger partial charge in [-0.25, -0.2) is 0 Å². The lowest BCUT2D eigenvalue weighted by atomic mass is 9.93. The van der Waals surface area contributed by atoms with Gasteiger partial charge in [0.2, 0.25) is 0 Å². The summed E-state index contributed by atoms with van der Waals surface area (Å²) in [7, 11) is 0. The van der Waals surface area contributed by atoms with E-state index in [1.54, 1.807) is 12.1 Å². The van der Waals surface area contributed by atoms with Crippen LogP contribution in [0.25, 0.3) is 0 Å². The SMILES string of the molecule is C#CCc1cc(C(S)(CC=O)OCCCCCCCCCCCCCCCCCC)c(O)c(C(S)(CC=O)OCCCCCCCCCCCCCCCCCC)c1. The molecule has 0 amide bonds. The predicted octanol–water partition coefficient (Wildman–Crippen LogP) is 15.5. The summed E-state index contributed by atoms with van der Waals surface area (Å²) < 4.78 is 12.6. The fourth-order valence-corrected chi connectivity index (χ4v) is 8.68. The largest absolute Gasteiger partial charge is 0.507 e. The molecule has 0 aliphatic heterocycles. The predicted molar refractivity (Wildman–Crippen MR) is 254 cm³/mol. The zero-order valence-corrected chi connectivity index (χ0v) is 39.3. The zero-order chi connectivity index (χ0) is 42.4. The van der Waals surface area contributed by atoms with E-state index < -0.39 is 9.87 Å². The second-order valence-corrected chi connectivity index (χ2v) is 18.5. The Labute approximate surface area is 369 Å². The van der Waals surface area contributed by atoms with E-state index >= 15 is 0 Å². The highest BCUT2D eigenvalue weighted by Crippen LogP contribution is 2.47. The average molecular weight is 845 g/mol. The van der Waals surface area contributed by atoms with Crippen LogP contribution in [0, 0.1) is 12.3 Å². The van der Waals surface area contributed by atoms with Crippen LogP contribution in [0.1, 0.15) is 249 Å². The van der Waals surface area contributed by atoms with Gasteiger partial charge in [0.1, 0.15) is 28.2 Å². The topological polar surface area (TPSA) is 72.8 Å². The van der Waals surface area contributed by atoms with Crippen LogP contribution < -0.4 is 0 Å². The van der Waals surface area contributed by atoms with Crippen molar-refractivity contribution >= 4 is 37.8 Å². The molecule has 0 heterocycles. The molecule has 58 heavy (non-hydrogen) atoms. The number of terminal acetylenes is 1. The molecule has 0 radical (unpaired) electrons. The summed E-state index contributed by atoms with van der Waals surface area (Å²) in [6.45, 7) is 5.35. The van der Waals surface area contributed by atoms with Gasteiger partial charge >= 0.3 is 0 Å². The Hall–Kier alpha value is -1.46. The minimum Gasteiger partial charge on any atom is -0.507 e. The van der Waals surface area contributed by atoms with Gasteiger partial charge in [0.15, 0.2) is 0 Å². The normalized spacial score (nSPS) is 13.6. The van der Waals surface area contributed by atoms with Gasteiger partial charge in [-0.1, -0.05) is 206 Å². The van der Waals surface area contributed by atoms with Gasteiger partial charge in [-0.15, -0.1) is 37.6 Å². The van der Waals surface area contributed by atoms with Crippen molar-refractivity contribution in [1.29, 1.82) is 0 Å². The van der Waals surface area contributed by atoms with Crippen LogP contribution in [0.2, 0.25) is 0 Å². The molecule has 1 aromatic carbocycles. The second kappa shape index (κ2) is 37.3. The maximum absolute atomic E-state index is 11.9. The number of ether oxygens (including phenoxy) is 2. The van der Waals surface area contributed by atoms with Gasteiger partial charge in [0, 0.05) is 43.6 Å². The maximum Gasteiger partial charge on any atom is 0.146 e. The first-order valence-corrected chi connectivity index (χ1v) is 25.1. The number of aldehydes is 2. The van der Waals surface area contributed by atoms with Crippen molar-refractivity contribution < 1.29 is 24.2 Å². The molecule has 0 aromatic heterocycles. The minimum absolute atomic E-state index is 0.0607. The number of carbonyl (C=O) groups is 2. The Bertz CT molecular complexity index is 1100. The van der Waals surface area contributed by atoms with E-state index in [1.807, 2.05) is 0 Å². The van der Waals surface area contributed by atoms with E-state index in [0.717, 1.165) is 56.7 Å². The number of thiol groups is 2. The molecular formula is C51H88O5S2. The quantitative estimate of drug-likeness (QED) is 0.0201. The Balaban J connectivity index is 2.55. The third-order valence-corrected chi connectivity index (χ3v) is 12.8. The fourth-order valence-electron chi connectivity index (χ4n) is 8.01. The zero-order valence-electron chi connectivity index (χ0n) is 37.5. The molecule has 334 valence electrons. The molecule has 1 N–H and O–H groups in total. The fraction of sp³-hybridized carbons (Fsp3) is 0.804. The molecule has 2 unspecified atom stereocenters. The molecule has 5 nitrogen and oxygen atoms in total. The van der Waals surface area contributed by atoms with Crippen molar-refractivity contribution in [1.82, 2.24) is 0 Å². The molecule has 0 saturated heterocycles. The summed E-state index contributed by atoms with van der Waals surface area (Å²) in [5.41, 5.74) is 1.42. The molecule has 7 heteroatoms. The number of hydrogen-bond acceptors (Lipinski definition) is 7. The average Bonchev–Trinajstić information content (AvgIpc) is 3.21. The van der Waals surface area contributed by atoms with Crippen LogP contribution in [-0.2, 0) is 35.3 Å². The highest BCUT2D eigenvalue weighted by atomic mass is 32.1. The maximum atomic E-state index is 11.9. The Morgan fingerprint density at radius 1 is 0.517 bits per heavy atom. The summed E-state index contributed by atoms with van der Waals surface area (Å²) in [6, 6.07) is 3.51. The summed E-state index contributed by atoms with van der Waals surface area (Å²) >= 11 is 9.74. The van der Waals surface area contributed by atoms with Crippen LogP contribution in [0.3, 0.4) is 0 Å².